The van der Waals surface area contributed by atoms with Crippen LogP contribution in [-0.2, 0) is 16.6 Å². The van der Waals surface area contributed by atoms with Gasteiger partial charge in [0.1, 0.15) is 17.2 Å². The van der Waals surface area contributed by atoms with Crippen LogP contribution in [0.5, 0.6) is 0 Å². The second kappa shape index (κ2) is 9.16. The van der Waals surface area contributed by atoms with Crippen LogP contribution in [0, 0.1) is 18.3 Å². The van der Waals surface area contributed by atoms with E-state index in [1.165, 1.54) is 0 Å². The van der Waals surface area contributed by atoms with Crippen LogP contribution in [0.1, 0.15) is 49.9 Å². The highest BCUT2D eigenvalue weighted by atomic mass is 19.4. The second-order valence-corrected chi connectivity index (χ2v) is 10.0. The summed E-state index contributed by atoms with van der Waals surface area (Å²) in [7, 11) is 0. The van der Waals surface area contributed by atoms with E-state index in [9.17, 15) is 28.2 Å². The quantitative estimate of drug-likeness (QED) is 0.412. The third-order valence-corrected chi connectivity index (χ3v) is 6.69. The molecule has 0 radical (unpaired) electrons. The topological polar surface area (TPSA) is 108 Å². The van der Waals surface area contributed by atoms with Gasteiger partial charge in [-0.3, -0.25) is 9.78 Å². The van der Waals surface area contributed by atoms with Crippen LogP contribution in [0.25, 0.3) is 11.3 Å². The zero-order chi connectivity index (χ0) is 26.3. The zero-order valence-electron chi connectivity index (χ0n) is 20.1. The summed E-state index contributed by atoms with van der Waals surface area (Å²) < 4.78 is 39.1. The molecule has 1 saturated carbocycles. The first-order valence-electron chi connectivity index (χ1n) is 11.5. The van der Waals surface area contributed by atoms with Gasteiger partial charge in [-0.15, -0.1) is 0 Å². The van der Waals surface area contributed by atoms with Crippen molar-refractivity contribution in [1.82, 2.24) is 15.0 Å². The normalized spacial score (nSPS) is 21.7. The standard InChI is InChI=1S/C26H27F3N4O3/c1-15-10-19(32-22(11-15)33-21-12-17(7-9-30-21)26(27,28)29)16-4-5-20(31-13-16)25(36)8-6-18(23(34)35)24(2,3)14-25/h4-5,7,9-13,18,36H,6,8,14H2,1-3H3,(H,34,35)(H,30,32,33)/t18-,25+/m0/s1. The molecule has 0 saturated heterocycles. The first-order chi connectivity index (χ1) is 16.8. The highest BCUT2D eigenvalue weighted by molar-refractivity contribution is 5.71. The van der Waals surface area contributed by atoms with Gasteiger partial charge in [-0.25, -0.2) is 9.97 Å². The Bertz CT molecular complexity index is 1280. The molecule has 2 atom stereocenters. The molecule has 190 valence electrons. The summed E-state index contributed by atoms with van der Waals surface area (Å²) in [6, 6.07) is 8.80. The van der Waals surface area contributed by atoms with Crippen LogP contribution in [0.4, 0.5) is 24.8 Å². The second-order valence-electron chi connectivity index (χ2n) is 10.0. The molecule has 36 heavy (non-hydrogen) atoms. The molecule has 1 aliphatic carbocycles. The van der Waals surface area contributed by atoms with Crippen LogP contribution >= 0.6 is 0 Å². The predicted molar refractivity (Wildman–Crippen MR) is 127 cm³/mol. The molecule has 0 aliphatic heterocycles. The molecule has 10 heteroatoms. The van der Waals surface area contributed by atoms with Gasteiger partial charge < -0.3 is 15.5 Å². The molecule has 0 bridgehead atoms. The average molecular weight is 501 g/mol. The Morgan fingerprint density at radius 2 is 1.86 bits per heavy atom. The lowest BCUT2D eigenvalue weighted by Gasteiger charge is -2.44. The smallest absolute Gasteiger partial charge is 0.416 e. The Labute approximate surface area is 206 Å². The van der Waals surface area contributed by atoms with Crippen LogP contribution in [0.3, 0.4) is 0 Å². The van der Waals surface area contributed by atoms with Gasteiger partial charge in [0.05, 0.1) is 22.9 Å². The van der Waals surface area contributed by atoms with E-state index in [-0.39, 0.29) is 12.2 Å². The van der Waals surface area contributed by atoms with Crippen LogP contribution in [-0.4, -0.2) is 31.1 Å². The number of aliphatic hydroxyl groups is 1. The molecule has 3 N–H and O–H groups in total. The number of aryl methyl sites for hydroxylation is 1. The fourth-order valence-corrected chi connectivity index (χ4v) is 4.92. The highest BCUT2D eigenvalue weighted by Gasteiger charge is 2.48. The number of nitrogens with zero attached hydrogens (tertiary/aromatic N) is 3. The molecule has 7 nitrogen and oxygen atoms in total. The minimum Gasteiger partial charge on any atom is -0.481 e. The Morgan fingerprint density at radius 1 is 1.11 bits per heavy atom. The minimum atomic E-state index is -4.48. The maximum absolute atomic E-state index is 13.0. The molecule has 1 aliphatic rings. The monoisotopic (exact) mass is 500 g/mol. The molecule has 0 unspecified atom stereocenters. The number of rotatable bonds is 5. The van der Waals surface area contributed by atoms with Crippen LogP contribution < -0.4 is 5.32 Å². The molecular formula is C26H27F3N4O3. The van der Waals surface area contributed by atoms with E-state index in [0.29, 0.717) is 35.6 Å². The van der Waals surface area contributed by atoms with Crippen molar-refractivity contribution >= 4 is 17.6 Å². The largest absolute Gasteiger partial charge is 0.481 e. The number of halogens is 3. The minimum absolute atomic E-state index is 0.0177. The number of aliphatic carboxylic acids is 1. The summed E-state index contributed by atoms with van der Waals surface area (Å²) in [6.07, 6.45) is -0.910. The summed E-state index contributed by atoms with van der Waals surface area (Å²) in [5.74, 6) is -1.05. The fourth-order valence-electron chi connectivity index (χ4n) is 4.92. The van der Waals surface area contributed by atoms with Crippen LogP contribution in [0.15, 0.2) is 48.8 Å². The summed E-state index contributed by atoms with van der Waals surface area (Å²) >= 11 is 0. The van der Waals surface area contributed by atoms with Gasteiger partial charge >= 0.3 is 12.1 Å². The van der Waals surface area contributed by atoms with E-state index in [4.69, 9.17) is 0 Å². The zero-order valence-corrected chi connectivity index (χ0v) is 20.1. The molecule has 1 fully saturated rings. The van der Waals surface area contributed by atoms with Crippen molar-refractivity contribution in [2.75, 3.05) is 5.32 Å². The number of pyridine rings is 3. The Kier molecular flexibility index (Phi) is 6.51. The number of nitrogens with one attached hydrogen (secondary N) is 1. The summed E-state index contributed by atoms with van der Waals surface area (Å²) in [4.78, 5) is 24.5. The molecule has 4 rings (SSSR count). The number of hydrogen-bond donors (Lipinski definition) is 3. The first-order valence-corrected chi connectivity index (χ1v) is 11.5. The number of carbonyl (C=O) groups is 1. The van der Waals surface area contributed by atoms with Crippen molar-refractivity contribution in [2.45, 2.75) is 51.8 Å². The van der Waals surface area contributed by atoms with Gasteiger partial charge in [0.25, 0.3) is 0 Å². The summed E-state index contributed by atoms with van der Waals surface area (Å²) in [5, 5.41) is 23.6. The maximum atomic E-state index is 13.0. The molecule has 3 aromatic heterocycles. The number of carboxylic acids is 1. The molecule has 0 spiro atoms. The number of aromatic nitrogens is 3. The molecule has 0 aromatic carbocycles. The Morgan fingerprint density at radius 3 is 2.47 bits per heavy atom. The molecule has 3 heterocycles. The lowest BCUT2D eigenvalue weighted by Crippen LogP contribution is -2.45. The van der Waals surface area contributed by atoms with Crippen molar-refractivity contribution in [3.05, 3.63) is 65.6 Å². The number of alkyl halides is 3. The van der Waals surface area contributed by atoms with Gasteiger partial charge in [0.2, 0.25) is 0 Å². The van der Waals surface area contributed by atoms with Gasteiger partial charge in [-0.05, 0) is 73.6 Å². The van der Waals surface area contributed by atoms with Crippen molar-refractivity contribution in [1.29, 1.82) is 0 Å². The van der Waals surface area contributed by atoms with Gasteiger partial charge in [0.15, 0.2) is 0 Å². The van der Waals surface area contributed by atoms with Gasteiger partial charge in [-0.1, -0.05) is 13.8 Å². The van der Waals surface area contributed by atoms with Crippen LogP contribution in [0.2, 0.25) is 0 Å². The maximum Gasteiger partial charge on any atom is 0.416 e. The van der Waals surface area contributed by atoms with Gasteiger partial charge in [0, 0.05) is 18.0 Å². The van der Waals surface area contributed by atoms with Crippen molar-refractivity contribution in [3.63, 3.8) is 0 Å². The first kappa shape index (κ1) is 25.6. The number of carboxylic acid groups (broad SMARTS) is 1. The summed E-state index contributed by atoms with van der Waals surface area (Å²) in [6.45, 7) is 5.52. The lowest BCUT2D eigenvalue weighted by molar-refractivity contribution is -0.154. The number of hydrogen-bond acceptors (Lipinski definition) is 6. The fraction of sp³-hybridized carbons (Fsp3) is 0.385. The summed E-state index contributed by atoms with van der Waals surface area (Å²) in [5.41, 5.74) is -0.167. The Hall–Kier alpha value is -3.53. The van der Waals surface area contributed by atoms with E-state index >= 15 is 0 Å². The van der Waals surface area contributed by atoms with E-state index < -0.39 is 34.6 Å². The number of anilines is 2. The predicted octanol–water partition coefficient (Wildman–Crippen LogP) is 5.71. The molecule has 3 aromatic rings. The molecule has 0 amide bonds. The Balaban J connectivity index is 1.57. The third kappa shape index (κ3) is 5.33. The average Bonchev–Trinajstić information content (AvgIpc) is 2.77. The molecular weight excluding hydrogens is 473 g/mol. The SMILES string of the molecule is Cc1cc(Nc2cc(C(F)(F)F)ccn2)nc(-c2ccc([C@@]3(O)CC[C@@H](C(=O)O)C(C)(C)C3)nc2)c1. The van der Waals surface area contributed by atoms with E-state index in [1.54, 1.807) is 24.4 Å². The third-order valence-electron chi connectivity index (χ3n) is 6.69. The van der Waals surface area contributed by atoms with Crippen molar-refractivity contribution < 1.29 is 28.2 Å². The van der Waals surface area contributed by atoms with Crippen molar-refractivity contribution in [3.8, 4) is 11.3 Å². The van der Waals surface area contributed by atoms with E-state index in [0.717, 1.165) is 23.9 Å². The van der Waals surface area contributed by atoms with E-state index in [2.05, 4.69) is 20.3 Å². The lowest BCUT2D eigenvalue weighted by atomic mass is 9.62. The van der Waals surface area contributed by atoms with Gasteiger partial charge in [-0.2, -0.15) is 13.2 Å². The highest BCUT2D eigenvalue weighted by Crippen LogP contribution is 2.49. The van der Waals surface area contributed by atoms with E-state index in [1.807, 2.05) is 26.8 Å². The van der Waals surface area contributed by atoms with Crippen molar-refractivity contribution in [2.24, 2.45) is 11.3 Å².